The first-order chi connectivity index (χ1) is 14.8. The summed E-state index contributed by atoms with van der Waals surface area (Å²) in [5, 5.41) is 26.6. The zero-order valence-electron chi connectivity index (χ0n) is 16.4. The molecule has 0 aromatic carbocycles. The molecule has 3 atom stereocenters. The Hall–Kier alpha value is -2.23. The lowest BCUT2D eigenvalue weighted by Gasteiger charge is -2.50. The van der Waals surface area contributed by atoms with Crippen LogP contribution in [0, 0.1) is 0 Å². The number of amides is 1. The van der Waals surface area contributed by atoms with Gasteiger partial charge in [0.15, 0.2) is 5.13 Å². The maximum Gasteiger partial charge on any atom is 0.352 e. The molecule has 0 aliphatic carbocycles. The van der Waals surface area contributed by atoms with Crippen LogP contribution < -0.4 is 11.1 Å². The second-order valence-electron chi connectivity index (χ2n) is 6.86. The summed E-state index contributed by atoms with van der Waals surface area (Å²) in [6, 6.07) is -0.581. The molecule has 1 amide bonds. The Labute approximate surface area is 194 Å². The third kappa shape index (κ3) is 4.14. The van der Waals surface area contributed by atoms with Crippen LogP contribution in [0.2, 0.25) is 0 Å². The highest BCUT2D eigenvalue weighted by atomic mass is 32.2. The molecule has 4 rings (SSSR count). The van der Waals surface area contributed by atoms with Gasteiger partial charge in [0, 0.05) is 29.9 Å². The molecule has 1 fully saturated rings. The molecular formula is C16H18N8O3S4. The Morgan fingerprint density at radius 1 is 1.55 bits per heavy atom. The van der Waals surface area contributed by atoms with Crippen LogP contribution in [-0.4, -0.2) is 75.0 Å². The summed E-state index contributed by atoms with van der Waals surface area (Å²) in [7, 11) is 1.71. The van der Waals surface area contributed by atoms with E-state index in [2.05, 4.69) is 25.8 Å². The van der Waals surface area contributed by atoms with E-state index in [0.717, 1.165) is 5.69 Å². The van der Waals surface area contributed by atoms with Gasteiger partial charge in [-0.2, -0.15) is 0 Å². The minimum absolute atomic E-state index is 0.0284. The van der Waals surface area contributed by atoms with E-state index in [4.69, 9.17) is 18.0 Å². The average molecular weight is 499 g/mol. The van der Waals surface area contributed by atoms with Crippen molar-refractivity contribution in [2.24, 2.45) is 7.05 Å². The Bertz CT molecular complexity index is 1080. The number of carboxylic acids is 1. The summed E-state index contributed by atoms with van der Waals surface area (Å²) in [5.41, 5.74) is 7.11. The third-order valence-corrected chi connectivity index (χ3v) is 8.48. The summed E-state index contributed by atoms with van der Waals surface area (Å²) >= 11 is 9.64. The molecule has 1 saturated heterocycles. The first kappa shape index (κ1) is 22.0. The lowest BCUT2D eigenvalue weighted by Crippen LogP contribution is -2.70. The number of tetrazole rings is 1. The van der Waals surface area contributed by atoms with Crippen LogP contribution in [0.15, 0.2) is 21.8 Å². The number of carbonyl (C=O) groups excluding carboxylic acids is 1. The fourth-order valence-corrected chi connectivity index (χ4v) is 6.44. The predicted octanol–water partition coefficient (Wildman–Crippen LogP) is 0.684. The van der Waals surface area contributed by atoms with Crippen molar-refractivity contribution in [2.45, 2.75) is 29.4 Å². The van der Waals surface area contributed by atoms with Crippen molar-refractivity contribution >= 4 is 69.1 Å². The Morgan fingerprint density at radius 2 is 2.32 bits per heavy atom. The predicted molar refractivity (Wildman–Crippen MR) is 122 cm³/mol. The number of thiocarbonyl (C=S) groups is 1. The number of thioether (sulfide) groups is 2. The number of nitrogen functional groups attached to an aromatic ring is 1. The van der Waals surface area contributed by atoms with E-state index >= 15 is 0 Å². The quantitative estimate of drug-likeness (QED) is 0.280. The Morgan fingerprint density at radius 3 is 2.94 bits per heavy atom. The number of carbonyl (C=O) groups is 2. The highest BCUT2D eigenvalue weighted by Gasteiger charge is 2.54. The minimum atomic E-state index is -1.13. The summed E-state index contributed by atoms with van der Waals surface area (Å²) in [6.45, 7) is 1.89. The number of nitrogens with two attached hydrogens (primary N) is 1. The van der Waals surface area contributed by atoms with E-state index in [1.54, 1.807) is 7.05 Å². The largest absolute Gasteiger partial charge is 0.477 e. The van der Waals surface area contributed by atoms with Gasteiger partial charge in [-0.15, -0.1) is 28.2 Å². The van der Waals surface area contributed by atoms with E-state index in [-0.39, 0.29) is 22.9 Å². The lowest BCUT2D eigenvalue weighted by atomic mass is 10.0. The molecule has 31 heavy (non-hydrogen) atoms. The number of aromatic nitrogens is 5. The van der Waals surface area contributed by atoms with Crippen LogP contribution >= 0.6 is 47.1 Å². The number of nitrogens with one attached hydrogen (secondary N) is 1. The van der Waals surface area contributed by atoms with Crippen molar-refractivity contribution in [3.63, 3.8) is 0 Å². The van der Waals surface area contributed by atoms with Gasteiger partial charge in [-0.05, 0) is 16.0 Å². The van der Waals surface area contributed by atoms with Crippen LogP contribution in [-0.2, 0) is 16.6 Å². The molecule has 2 aromatic heterocycles. The van der Waals surface area contributed by atoms with Gasteiger partial charge in [-0.3, -0.25) is 9.69 Å². The van der Waals surface area contributed by atoms with Crippen molar-refractivity contribution in [3.05, 3.63) is 22.3 Å². The second kappa shape index (κ2) is 8.72. The molecule has 2 aromatic rings. The lowest BCUT2D eigenvalue weighted by molar-refractivity contribution is -0.148. The number of aliphatic carboxylic acids is 1. The number of anilines is 1. The summed E-state index contributed by atoms with van der Waals surface area (Å²) in [4.78, 5) is 30.9. The van der Waals surface area contributed by atoms with E-state index in [9.17, 15) is 14.7 Å². The molecule has 15 heteroatoms. The highest BCUT2D eigenvalue weighted by molar-refractivity contribution is 8.01. The van der Waals surface area contributed by atoms with Crippen molar-refractivity contribution in [1.82, 2.24) is 35.4 Å². The van der Waals surface area contributed by atoms with Gasteiger partial charge in [0.25, 0.3) is 5.91 Å². The standard InChI is InChI=1S/C16H18N8O3S4/c1-6(8-5-30-15(17)18-8)11(28)19-9-12(25)24-10(14(26)27)7(3-29-13(9)24)4-31-16-20-21-22-23(16)2/h5-6,9,13H,3-4H2,1-2H3,(H2,17,18)(H,19,28)(H,26,27)/t6?,9?,13-/m1/s1. The average Bonchev–Trinajstić information content (AvgIpc) is 3.36. The normalized spacial score (nSPS) is 21.5. The molecular weight excluding hydrogens is 480 g/mol. The molecule has 164 valence electrons. The smallest absolute Gasteiger partial charge is 0.352 e. The van der Waals surface area contributed by atoms with Crippen molar-refractivity contribution in [2.75, 3.05) is 17.2 Å². The zero-order chi connectivity index (χ0) is 22.3. The van der Waals surface area contributed by atoms with E-state index in [1.807, 2.05) is 12.3 Å². The topological polar surface area (TPSA) is 152 Å². The molecule has 0 spiro atoms. The third-order valence-electron chi connectivity index (χ3n) is 4.88. The number of β-lactam (4-membered cyclic amide) rings is 1. The fraction of sp³-hybridized carbons (Fsp3) is 0.438. The minimum Gasteiger partial charge on any atom is -0.477 e. The summed E-state index contributed by atoms with van der Waals surface area (Å²) in [6.07, 6.45) is 0. The summed E-state index contributed by atoms with van der Waals surface area (Å²) < 4.78 is 1.51. The molecule has 4 N–H and O–H groups in total. The number of hydrogen-bond acceptors (Lipinski definition) is 11. The number of carboxylic acid groups (broad SMARTS) is 1. The van der Waals surface area contributed by atoms with E-state index in [1.165, 1.54) is 44.4 Å². The first-order valence-electron chi connectivity index (χ1n) is 9.04. The van der Waals surface area contributed by atoms with Crippen molar-refractivity contribution < 1.29 is 14.7 Å². The number of thiazole rings is 1. The highest BCUT2D eigenvalue weighted by Crippen LogP contribution is 2.41. The van der Waals surface area contributed by atoms with E-state index in [0.29, 0.717) is 32.4 Å². The Kier molecular flexibility index (Phi) is 6.18. The maximum absolute atomic E-state index is 12.9. The monoisotopic (exact) mass is 498 g/mol. The summed E-state index contributed by atoms with van der Waals surface area (Å²) in [5.74, 6) is -0.793. The number of nitrogens with zero attached hydrogens (tertiary/aromatic N) is 6. The number of rotatable bonds is 7. The zero-order valence-corrected chi connectivity index (χ0v) is 19.6. The van der Waals surface area contributed by atoms with Gasteiger partial charge in [-0.1, -0.05) is 30.9 Å². The van der Waals surface area contributed by atoms with Crippen LogP contribution in [0.25, 0.3) is 0 Å². The molecule has 2 aliphatic heterocycles. The van der Waals surface area contributed by atoms with Gasteiger partial charge >= 0.3 is 5.97 Å². The Balaban J connectivity index is 1.46. The fourth-order valence-electron chi connectivity index (χ4n) is 3.20. The SMILES string of the molecule is CC(C(=S)NC1C(=O)N2C(C(=O)O)=C(CSc3nnnn3C)CS[C@H]12)c1csc(N)n1. The first-order valence-corrected chi connectivity index (χ1v) is 12.4. The van der Waals surface area contributed by atoms with Gasteiger partial charge in [0.05, 0.1) is 10.7 Å². The molecule has 0 bridgehead atoms. The molecule has 0 radical (unpaired) electrons. The van der Waals surface area contributed by atoms with Gasteiger partial charge in [0.2, 0.25) is 5.16 Å². The molecule has 0 saturated carbocycles. The van der Waals surface area contributed by atoms with Crippen molar-refractivity contribution in [3.8, 4) is 0 Å². The maximum atomic E-state index is 12.9. The van der Waals surface area contributed by atoms with Crippen LogP contribution in [0.1, 0.15) is 18.5 Å². The van der Waals surface area contributed by atoms with Gasteiger partial charge in [-0.25, -0.2) is 14.5 Å². The van der Waals surface area contributed by atoms with Gasteiger partial charge in [0.1, 0.15) is 17.1 Å². The number of fused-ring (bicyclic) bond motifs is 1. The number of hydrogen-bond donors (Lipinski definition) is 3. The van der Waals surface area contributed by atoms with Gasteiger partial charge < -0.3 is 16.2 Å². The van der Waals surface area contributed by atoms with Crippen LogP contribution in [0.5, 0.6) is 0 Å². The van der Waals surface area contributed by atoms with Crippen molar-refractivity contribution in [1.29, 1.82) is 0 Å². The second-order valence-corrected chi connectivity index (χ2v) is 10.2. The van der Waals surface area contributed by atoms with E-state index < -0.39 is 12.0 Å². The molecule has 11 nitrogen and oxygen atoms in total. The van der Waals surface area contributed by atoms with Crippen LogP contribution in [0.3, 0.4) is 0 Å². The molecule has 2 aliphatic rings. The number of aryl methyl sites for hydroxylation is 1. The molecule has 2 unspecified atom stereocenters. The van der Waals surface area contributed by atoms with Crippen LogP contribution in [0.4, 0.5) is 5.13 Å². The molecule has 4 heterocycles.